The summed E-state index contributed by atoms with van der Waals surface area (Å²) in [6.07, 6.45) is 6.27. The van der Waals surface area contributed by atoms with Crippen LogP contribution in [0.5, 0.6) is 0 Å². The Bertz CT molecular complexity index is 401. The van der Waals surface area contributed by atoms with Crippen molar-refractivity contribution in [3.8, 4) is 0 Å². The number of aliphatic hydroxyl groups excluding tert-OH is 1. The van der Waals surface area contributed by atoms with Gasteiger partial charge in [-0.25, -0.2) is 0 Å². The van der Waals surface area contributed by atoms with Crippen molar-refractivity contribution < 1.29 is 14.6 Å². The molecule has 0 aromatic carbocycles. The zero-order chi connectivity index (χ0) is 18.1. The van der Waals surface area contributed by atoms with Crippen molar-refractivity contribution in [1.29, 1.82) is 0 Å². The van der Waals surface area contributed by atoms with E-state index in [4.69, 9.17) is 14.5 Å². The SMILES string of the molecule is CCNC(=NCC(C)(C)CO)N1CCC(OCC2CCCCO2)CC1. The molecule has 6 nitrogen and oxygen atoms in total. The second-order valence-electron chi connectivity index (χ2n) is 8.00. The lowest BCUT2D eigenvalue weighted by atomic mass is 9.95. The predicted octanol–water partition coefficient (Wildman–Crippen LogP) is 2.02. The Morgan fingerprint density at radius 2 is 2.04 bits per heavy atom. The largest absolute Gasteiger partial charge is 0.396 e. The van der Waals surface area contributed by atoms with Crippen molar-refractivity contribution >= 4 is 5.96 Å². The van der Waals surface area contributed by atoms with Gasteiger partial charge < -0.3 is 24.8 Å². The summed E-state index contributed by atoms with van der Waals surface area (Å²) in [5, 5.41) is 12.8. The number of guanidine groups is 1. The minimum absolute atomic E-state index is 0.148. The number of aliphatic hydroxyl groups is 1. The lowest BCUT2D eigenvalue weighted by Crippen LogP contribution is -2.47. The highest BCUT2D eigenvalue weighted by Crippen LogP contribution is 2.19. The molecule has 0 bridgehead atoms. The second kappa shape index (κ2) is 10.3. The van der Waals surface area contributed by atoms with Crippen LogP contribution in [0.25, 0.3) is 0 Å². The van der Waals surface area contributed by atoms with Crippen LogP contribution in [0.1, 0.15) is 52.9 Å². The molecule has 0 saturated carbocycles. The molecule has 0 aliphatic carbocycles. The van der Waals surface area contributed by atoms with Gasteiger partial charge in [-0.2, -0.15) is 0 Å². The van der Waals surface area contributed by atoms with Gasteiger partial charge in [0.2, 0.25) is 0 Å². The number of rotatable bonds is 7. The van der Waals surface area contributed by atoms with Crippen LogP contribution in [-0.2, 0) is 9.47 Å². The zero-order valence-electron chi connectivity index (χ0n) is 16.3. The number of ether oxygens (including phenoxy) is 2. The molecule has 0 radical (unpaired) electrons. The van der Waals surface area contributed by atoms with Crippen LogP contribution in [0.3, 0.4) is 0 Å². The molecule has 2 fully saturated rings. The van der Waals surface area contributed by atoms with Gasteiger partial charge in [-0.05, 0) is 39.0 Å². The Balaban J connectivity index is 1.76. The molecule has 2 N–H and O–H groups in total. The molecule has 6 heteroatoms. The molecule has 0 spiro atoms. The highest BCUT2D eigenvalue weighted by atomic mass is 16.5. The average molecular weight is 356 g/mol. The predicted molar refractivity (Wildman–Crippen MR) is 101 cm³/mol. The zero-order valence-corrected chi connectivity index (χ0v) is 16.3. The summed E-state index contributed by atoms with van der Waals surface area (Å²) >= 11 is 0. The number of nitrogens with zero attached hydrogens (tertiary/aromatic N) is 2. The van der Waals surface area contributed by atoms with E-state index in [1.54, 1.807) is 0 Å². The van der Waals surface area contributed by atoms with Crippen LogP contribution in [-0.4, -0.2) is 74.2 Å². The Kier molecular flexibility index (Phi) is 8.46. The van der Waals surface area contributed by atoms with Gasteiger partial charge in [-0.3, -0.25) is 4.99 Å². The first-order chi connectivity index (χ1) is 12.0. The van der Waals surface area contributed by atoms with Crippen LogP contribution in [0, 0.1) is 5.41 Å². The molecule has 2 rings (SSSR count). The van der Waals surface area contributed by atoms with Crippen LogP contribution in [0.15, 0.2) is 4.99 Å². The third-order valence-corrected chi connectivity index (χ3v) is 4.95. The first-order valence-electron chi connectivity index (χ1n) is 9.91. The fourth-order valence-electron chi connectivity index (χ4n) is 3.18. The molecule has 2 aliphatic rings. The van der Waals surface area contributed by atoms with Crippen LogP contribution in [0.2, 0.25) is 0 Å². The molecule has 2 aliphatic heterocycles. The molecule has 2 heterocycles. The van der Waals surface area contributed by atoms with Gasteiger partial charge in [0.05, 0.1) is 25.4 Å². The van der Waals surface area contributed by atoms with E-state index in [0.717, 1.165) is 58.1 Å². The Morgan fingerprint density at radius 3 is 2.64 bits per heavy atom. The molecule has 25 heavy (non-hydrogen) atoms. The van der Waals surface area contributed by atoms with Gasteiger partial charge >= 0.3 is 0 Å². The molecule has 1 atom stereocenters. The van der Waals surface area contributed by atoms with Crippen molar-refractivity contribution in [2.45, 2.75) is 65.1 Å². The lowest BCUT2D eigenvalue weighted by molar-refractivity contribution is -0.0721. The molecule has 2 saturated heterocycles. The quantitative estimate of drug-likeness (QED) is 0.540. The monoisotopic (exact) mass is 355 g/mol. The number of piperidine rings is 1. The van der Waals surface area contributed by atoms with Gasteiger partial charge in [0, 0.05) is 38.3 Å². The Hall–Kier alpha value is -0.850. The average Bonchev–Trinajstić information content (AvgIpc) is 2.65. The van der Waals surface area contributed by atoms with Crippen molar-refractivity contribution in [1.82, 2.24) is 10.2 Å². The fourth-order valence-corrected chi connectivity index (χ4v) is 3.18. The number of hydrogen-bond acceptors (Lipinski definition) is 4. The summed E-state index contributed by atoms with van der Waals surface area (Å²) < 4.78 is 11.8. The molecular formula is C19H37N3O3. The maximum absolute atomic E-state index is 9.42. The van der Waals surface area contributed by atoms with E-state index in [-0.39, 0.29) is 12.0 Å². The van der Waals surface area contributed by atoms with Gasteiger partial charge in [-0.15, -0.1) is 0 Å². The molecule has 1 unspecified atom stereocenters. The summed E-state index contributed by atoms with van der Waals surface area (Å²) in [6.45, 7) is 11.3. The smallest absolute Gasteiger partial charge is 0.193 e. The van der Waals surface area contributed by atoms with E-state index < -0.39 is 0 Å². The van der Waals surface area contributed by atoms with Gasteiger partial charge in [0.1, 0.15) is 0 Å². The highest BCUT2D eigenvalue weighted by molar-refractivity contribution is 5.80. The summed E-state index contributed by atoms with van der Waals surface area (Å²) in [5.41, 5.74) is -0.178. The molecular weight excluding hydrogens is 318 g/mol. The third-order valence-electron chi connectivity index (χ3n) is 4.95. The van der Waals surface area contributed by atoms with Gasteiger partial charge in [0.25, 0.3) is 0 Å². The number of aliphatic imine (C=N–C) groups is 1. The van der Waals surface area contributed by atoms with Crippen molar-refractivity contribution in [3.63, 3.8) is 0 Å². The maximum Gasteiger partial charge on any atom is 0.193 e. The van der Waals surface area contributed by atoms with E-state index in [1.807, 2.05) is 13.8 Å². The third kappa shape index (κ3) is 7.12. The van der Waals surface area contributed by atoms with E-state index in [2.05, 4.69) is 17.1 Å². The molecule has 146 valence electrons. The normalized spacial score (nSPS) is 23.8. The van der Waals surface area contributed by atoms with Crippen molar-refractivity contribution in [2.24, 2.45) is 10.4 Å². The number of nitrogens with one attached hydrogen (secondary N) is 1. The van der Waals surface area contributed by atoms with Gasteiger partial charge in [-0.1, -0.05) is 13.8 Å². The molecule has 0 aromatic heterocycles. The van der Waals surface area contributed by atoms with Gasteiger partial charge in [0.15, 0.2) is 5.96 Å². The standard InChI is InChI=1S/C19H37N3O3/c1-4-20-18(21-14-19(2,3)15-23)22-10-8-16(9-11-22)25-13-17-7-5-6-12-24-17/h16-17,23H,4-15H2,1-3H3,(H,20,21). The Labute approximate surface area is 153 Å². The maximum atomic E-state index is 9.42. The molecule has 0 aromatic rings. The van der Waals surface area contributed by atoms with E-state index in [1.165, 1.54) is 12.8 Å². The minimum atomic E-state index is -0.178. The first-order valence-corrected chi connectivity index (χ1v) is 9.91. The van der Waals surface area contributed by atoms with E-state index in [0.29, 0.717) is 18.8 Å². The second-order valence-corrected chi connectivity index (χ2v) is 8.00. The topological polar surface area (TPSA) is 66.3 Å². The van der Waals surface area contributed by atoms with E-state index in [9.17, 15) is 5.11 Å². The summed E-state index contributed by atoms with van der Waals surface area (Å²) in [6, 6.07) is 0. The van der Waals surface area contributed by atoms with Crippen LogP contribution in [0.4, 0.5) is 0 Å². The summed E-state index contributed by atoms with van der Waals surface area (Å²) in [4.78, 5) is 7.05. The Morgan fingerprint density at radius 1 is 1.28 bits per heavy atom. The lowest BCUT2D eigenvalue weighted by Gasteiger charge is -2.35. The fraction of sp³-hybridized carbons (Fsp3) is 0.947. The highest BCUT2D eigenvalue weighted by Gasteiger charge is 2.24. The van der Waals surface area contributed by atoms with Crippen LogP contribution >= 0.6 is 0 Å². The van der Waals surface area contributed by atoms with Crippen molar-refractivity contribution in [2.75, 3.05) is 46.0 Å². The van der Waals surface area contributed by atoms with E-state index >= 15 is 0 Å². The van der Waals surface area contributed by atoms with Crippen molar-refractivity contribution in [3.05, 3.63) is 0 Å². The van der Waals surface area contributed by atoms with Crippen LogP contribution < -0.4 is 5.32 Å². The number of likely N-dealkylation sites (tertiary alicyclic amines) is 1. The minimum Gasteiger partial charge on any atom is -0.396 e. The summed E-state index contributed by atoms with van der Waals surface area (Å²) in [7, 11) is 0. The molecule has 0 amide bonds. The summed E-state index contributed by atoms with van der Waals surface area (Å²) in [5.74, 6) is 0.957. The number of hydrogen-bond donors (Lipinski definition) is 2. The first kappa shape index (κ1) is 20.5.